The minimum atomic E-state index is -0.0281. The maximum Gasteiger partial charge on any atom is 0.195 e. The van der Waals surface area contributed by atoms with Gasteiger partial charge in [-0.2, -0.15) is 0 Å². The summed E-state index contributed by atoms with van der Waals surface area (Å²) in [5.74, 6) is 0.204. The van der Waals surface area contributed by atoms with Gasteiger partial charge in [-0.05, 0) is 25.0 Å². The van der Waals surface area contributed by atoms with Crippen LogP contribution in [0.5, 0.6) is 0 Å². The number of rotatable bonds is 0. The molecule has 1 atom stereocenters. The minimum absolute atomic E-state index is 0.0281. The van der Waals surface area contributed by atoms with Gasteiger partial charge in [0.15, 0.2) is 10.7 Å². The average Bonchev–Trinajstić information content (AvgIpc) is 2.90. The summed E-state index contributed by atoms with van der Waals surface area (Å²) in [6.07, 6.45) is 1.79. The number of benzene rings is 1. The number of hydrogen-bond acceptors (Lipinski definition) is 3. The molecule has 0 bridgehead atoms. The Morgan fingerprint density at radius 2 is 2.22 bits per heavy atom. The van der Waals surface area contributed by atoms with Crippen molar-refractivity contribution in [3.63, 3.8) is 0 Å². The van der Waals surface area contributed by atoms with Crippen LogP contribution in [0.25, 0.3) is 16.0 Å². The van der Waals surface area contributed by atoms with Crippen LogP contribution in [0.1, 0.15) is 21.8 Å². The fourth-order valence-electron chi connectivity index (χ4n) is 2.54. The fraction of sp³-hybridized carbons (Fsp3) is 0.231. The lowest BCUT2D eigenvalue weighted by atomic mass is 10.0. The number of hydrogen-bond donors (Lipinski definition) is 0. The molecular weight excluding hydrogens is 312 g/mol. The van der Waals surface area contributed by atoms with E-state index < -0.39 is 0 Å². The molecule has 0 spiro atoms. The van der Waals surface area contributed by atoms with Crippen LogP contribution in [-0.2, 0) is 6.42 Å². The highest BCUT2D eigenvalue weighted by Crippen LogP contribution is 2.34. The van der Waals surface area contributed by atoms with Gasteiger partial charge in [0.2, 0.25) is 0 Å². The van der Waals surface area contributed by atoms with Gasteiger partial charge < -0.3 is 0 Å². The normalized spacial score (nSPS) is 19.6. The Balaban J connectivity index is 2.12. The Hall–Kier alpha value is -1.20. The number of aryl methyl sites for hydroxylation is 1. The molecule has 0 saturated heterocycles. The van der Waals surface area contributed by atoms with Crippen LogP contribution in [0, 0.1) is 0 Å². The second kappa shape index (κ2) is 3.65. The zero-order valence-corrected chi connectivity index (χ0v) is 11.8. The number of thiazole rings is 1. The molecule has 3 nitrogen and oxygen atoms in total. The summed E-state index contributed by atoms with van der Waals surface area (Å²) in [4.78, 5) is 18.5. The maximum absolute atomic E-state index is 12.1. The third-order valence-electron chi connectivity index (χ3n) is 3.40. The van der Waals surface area contributed by atoms with E-state index in [2.05, 4.69) is 31.4 Å². The third-order valence-corrected chi connectivity index (χ3v) is 5.37. The first-order valence-corrected chi connectivity index (χ1v) is 7.56. The lowest BCUT2D eigenvalue weighted by Gasteiger charge is -2.15. The number of imidazole rings is 1. The molecule has 0 N–H and O–H groups in total. The van der Waals surface area contributed by atoms with Gasteiger partial charge in [-0.15, -0.1) is 0 Å². The van der Waals surface area contributed by atoms with E-state index in [4.69, 9.17) is 0 Å². The van der Waals surface area contributed by atoms with Crippen LogP contribution < -0.4 is 0 Å². The number of ketones is 1. The number of halogens is 1. The Labute approximate surface area is 116 Å². The van der Waals surface area contributed by atoms with Crippen molar-refractivity contribution in [1.82, 2.24) is 9.38 Å². The van der Waals surface area contributed by atoms with Gasteiger partial charge in [-0.25, -0.2) is 4.98 Å². The van der Waals surface area contributed by atoms with E-state index in [1.54, 1.807) is 0 Å². The maximum atomic E-state index is 12.1. The number of fused-ring (bicyclic) bond motifs is 5. The van der Waals surface area contributed by atoms with Crippen molar-refractivity contribution in [3.05, 3.63) is 34.8 Å². The molecule has 0 saturated carbocycles. The Bertz CT molecular complexity index is 789. The molecule has 1 aromatic carbocycles. The van der Waals surface area contributed by atoms with E-state index in [1.165, 1.54) is 11.3 Å². The molecule has 4 rings (SSSR count). The van der Waals surface area contributed by atoms with Crippen LogP contribution >= 0.6 is 27.3 Å². The third kappa shape index (κ3) is 1.29. The second-order valence-electron chi connectivity index (χ2n) is 4.47. The summed E-state index contributed by atoms with van der Waals surface area (Å²) in [6.45, 7) is 0. The van der Waals surface area contributed by atoms with Crippen LogP contribution in [-0.4, -0.2) is 20.0 Å². The number of aromatic nitrogens is 2. The van der Waals surface area contributed by atoms with Crippen LogP contribution in [0.3, 0.4) is 0 Å². The monoisotopic (exact) mass is 320 g/mol. The average molecular weight is 321 g/mol. The first-order valence-electron chi connectivity index (χ1n) is 5.83. The Morgan fingerprint density at radius 3 is 3.11 bits per heavy atom. The molecule has 1 aliphatic rings. The topological polar surface area (TPSA) is 34.4 Å². The summed E-state index contributed by atoms with van der Waals surface area (Å²) < 4.78 is 2.14. The number of carbonyl (C=O) groups excluding carboxylic acids is 1. The van der Waals surface area contributed by atoms with Crippen LogP contribution in [0.15, 0.2) is 24.3 Å². The summed E-state index contributed by atoms with van der Waals surface area (Å²) >= 11 is 4.96. The number of carbonyl (C=O) groups is 1. The minimum Gasteiger partial charge on any atom is -0.292 e. The van der Waals surface area contributed by atoms with Gasteiger partial charge in [-0.1, -0.05) is 39.4 Å². The molecule has 2 aromatic heterocycles. The summed E-state index contributed by atoms with van der Waals surface area (Å²) in [6, 6.07) is 8.08. The molecule has 0 aliphatic heterocycles. The van der Waals surface area contributed by atoms with Gasteiger partial charge in [0, 0.05) is 5.69 Å². The van der Waals surface area contributed by atoms with Crippen molar-refractivity contribution in [2.75, 3.05) is 0 Å². The van der Waals surface area contributed by atoms with Gasteiger partial charge in [0.25, 0.3) is 0 Å². The molecule has 5 heteroatoms. The summed E-state index contributed by atoms with van der Waals surface area (Å²) in [7, 11) is 0. The van der Waals surface area contributed by atoms with E-state index in [0.717, 1.165) is 39.4 Å². The van der Waals surface area contributed by atoms with E-state index >= 15 is 0 Å². The first-order chi connectivity index (χ1) is 8.75. The summed E-state index contributed by atoms with van der Waals surface area (Å²) in [5, 5.41) is 0. The Kier molecular flexibility index (Phi) is 2.17. The molecule has 0 fully saturated rings. The molecule has 1 aliphatic carbocycles. The lowest BCUT2D eigenvalue weighted by molar-refractivity contribution is 0.0985. The van der Waals surface area contributed by atoms with Crippen LogP contribution in [0.2, 0.25) is 0 Å². The van der Waals surface area contributed by atoms with Crippen molar-refractivity contribution in [2.45, 2.75) is 17.7 Å². The van der Waals surface area contributed by atoms with Crippen molar-refractivity contribution < 1.29 is 4.79 Å². The molecule has 18 heavy (non-hydrogen) atoms. The smallest absolute Gasteiger partial charge is 0.195 e. The highest BCUT2D eigenvalue weighted by Gasteiger charge is 2.30. The number of alkyl halides is 1. The number of para-hydroxylation sites is 2. The zero-order chi connectivity index (χ0) is 12.3. The molecular formula is C13H9BrN2OS. The molecule has 90 valence electrons. The van der Waals surface area contributed by atoms with Crippen molar-refractivity contribution in [2.24, 2.45) is 0 Å². The van der Waals surface area contributed by atoms with E-state index in [1.807, 2.05) is 18.2 Å². The predicted octanol–water partition coefficient (Wildman–Crippen LogP) is 3.44. The highest BCUT2D eigenvalue weighted by molar-refractivity contribution is 9.10. The van der Waals surface area contributed by atoms with Gasteiger partial charge in [0.1, 0.15) is 0 Å². The summed E-state index contributed by atoms with van der Waals surface area (Å²) in [5.41, 5.74) is 3.23. The number of nitrogens with zero attached hydrogens (tertiary/aromatic N) is 2. The first kappa shape index (κ1) is 10.7. The predicted molar refractivity (Wildman–Crippen MR) is 75.9 cm³/mol. The number of Topliss-reactive ketones (excluding diaryl/α,β-unsaturated/α-hetero) is 1. The fourth-order valence-corrected chi connectivity index (χ4v) is 4.33. The van der Waals surface area contributed by atoms with Crippen molar-refractivity contribution in [3.8, 4) is 0 Å². The standard InChI is InChI=1S/C13H9BrN2OS/c14-7-5-6-10-12(11(7)17)18-13-15-8-3-1-2-4-9(8)16(10)13/h1-4,7H,5-6H2. The molecule has 2 heterocycles. The zero-order valence-electron chi connectivity index (χ0n) is 9.39. The molecule has 1 unspecified atom stereocenters. The van der Waals surface area contributed by atoms with E-state index in [9.17, 15) is 4.79 Å². The van der Waals surface area contributed by atoms with Crippen molar-refractivity contribution in [1.29, 1.82) is 0 Å². The van der Waals surface area contributed by atoms with Gasteiger partial charge in [0.05, 0.1) is 20.7 Å². The second-order valence-corrected chi connectivity index (χ2v) is 6.55. The van der Waals surface area contributed by atoms with Crippen molar-refractivity contribution >= 4 is 49.0 Å². The van der Waals surface area contributed by atoms with Gasteiger partial charge >= 0.3 is 0 Å². The molecule has 3 aromatic rings. The quantitative estimate of drug-likeness (QED) is 0.595. The molecule has 0 radical (unpaired) electrons. The molecule has 0 amide bonds. The largest absolute Gasteiger partial charge is 0.292 e. The Morgan fingerprint density at radius 1 is 1.39 bits per heavy atom. The SMILES string of the molecule is O=C1c2sc3nc4ccccc4n3c2CCC1Br. The van der Waals surface area contributed by atoms with E-state index in [-0.39, 0.29) is 10.6 Å². The lowest BCUT2D eigenvalue weighted by Crippen LogP contribution is -2.21. The van der Waals surface area contributed by atoms with Crippen LogP contribution in [0.4, 0.5) is 0 Å². The highest BCUT2D eigenvalue weighted by atomic mass is 79.9. The van der Waals surface area contributed by atoms with E-state index in [0.29, 0.717) is 0 Å². The van der Waals surface area contributed by atoms with Gasteiger partial charge in [-0.3, -0.25) is 9.20 Å².